The van der Waals surface area contributed by atoms with Crippen LogP contribution in [0.4, 0.5) is 11.4 Å². The van der Waals surface area contributed by atoms with E-state index in [9.17, 15) is 9.59 Å². The topological polar surface area (TPSA) is 58.2 Å². The van der Waals surface area contributed by atoms with Gasteiger partial charge in [-0.2, -0.15) is 0 Å². The number of amides is 2. The monoisotopic (exact) mass is 300 g/mol. The highest BCUT2D eigenvalue weighted by Crippen LogP contribution is 2.26. The molecule has 0 unspecified atom stereocenters. The Morgan fingerprint density at radius 1 is 1.24 bits per heavy atom. The first kappa shape index (κ1) is 13.6. The number of anilines is 2. The molecule has 4 nitrogen and oxygen atoms in total. The molecule has 0 saturated carbocycles. The number of nitrogens with one attached hydrogen (secondary N) is 2. The van der Waals surface area contributed by atoms with Crippen molar-refractivity contribution in [2.75, 3.05) is 10.6 Å². The van der Waals surface area contributed by atoms with Crippen LogP contribution in [-0.2, 0) is 22.4 Å². The van der Waals surface area contributed by atoms with Crippen LogP contribution in [0.3, 0.4) is 0 Å². The van der Waals surface area contributed by atoms with Gasteiger partial charge in [0.2, 0.25) is 11.8 Å². The van der Waals surface area contributed by atoms with Crippen LogP contribution < -0.4 is 10.6 Å². The molecule has 1 aliphatic heterocycles. The molecule has 3 rings (SSSR count). The van der Waals surface area contributed by atoms with Crippen molar-refractivity contribution >= 4 is 34.8 Å². The minimum Gasteiger partial charge on any atom is -0.326 e. The van der Waals surface area contributed by atoms with Gasteiger partial charge < -0.3 is 10.6 Å². The van der Waals surface area contributed by atoms with Crippen LogP contribution in [0.15, 0.2) is 42.5 Å². The zero-order valence-electron chi connectivity index (χ0n) is 11.2. The van der Waals surface area contributed by atoms with Crippen molar-refractivity contribution in [2.24, 2.45) is 0 Å². The Morgan fingerprint density at radius 2 is 2.05 bits per heavy atom. The van der Waals surface area contributed by atoms with Gasteiger partial charge in [0.25, 0.3) is 0 Å². The van der Waals surface area contributed by atoms with E-state index in [-0.39, 0.29) is 18.2 Å². The zero-order chi connectivity index (χ0) is 14.8. The predicted molar refractivity (Wildman–Crippen MR) is 82.6 cm³/mol. The number of fused-ring (bicyclic) bond motifs is 1. The van der Waals surface area contributed by atoms with E-state index in [2.05, 4.69) is 10.6 Å². The summed E-state index contributed by atoms with van der Waals surface area (Å²) in [5, 5.41) is 6.16. The summed E-state index contributed by atoms with van der Waals surface area (Å²) < 4.78 is 0. The smallest absolute Gasteiger partial charge is 0.228 e. The molecule has 2 aromatic carbocycles. The molecule has 0 fully saturated rings. The van der Waals surface area contributed by atoms with Gasteiger partial charge in [0.05, 0.1) is 12.8 Å². The van der Waals surface area contributed by atoms with Crippen LogP contribution in [0.5, 0.6) is 0 Å². The lowest BCUT2D eigenvalue weighted by Crippen LogP contribution is -2.14. The maximum Gasteiger partial charge on any atom is 0.228 e. The summed E-state index contributed by atoms with van der Waals surface area (Å²) in [7, 11) is 0. The number of halogens is 1. The Bertz CT molecular complexity index is 728. The Labute approximate surface area is 127 Å². The molecule has 1 heterocycles. The third kappa shape index (κ3) is 3.06. The van der Waals surface area contributed by atoms with Gasteiger partial charge in [-0.1, -0.05) is 29.8 Å². The lowest BCUT2D eigenvalue weighted by Gasteiger charge is -2.08. The van der Waals surface area contributed by atoms with Gasteiger partial charge in [-0.3, -0.25) is 9.59 Å². The third-order valence-electron chi connectivity index (χ3n) is 3.32. The highest BCUT2D eigenvalue weighted by Gasteiger charge is 2.18. The molecule has 21 heavy (non-hydrogen) atoms. The molecule has 0 aliphatic carbocycles. The maximum atomic E-state index is 12.0. The van der Waals surface area contributed by atoms with Gasteiger partial charge in [-0.05, 0) is 35.4 Å². The second-order valence-electron chi connectivity index (χ2n) is 4.91. The largest absolute Gasteiger partial charge is 0.326 e. The standard InChI is InChI=1S/C16H13ClN2O2/c17-13-4-2-1-3-10(13)8-15(20)18-12-5-6-14-11(7-12)9-16(21)19-14/h1-7H,8-9H2,(H,18,20)(H,19,21). The third-order valence-corrected chi connectivity index (χ3v) is 3.69. The van der Waals surface area contributed by atoms with Gasteiger partial charge >= 0.3 is 0 Å². The predicted octanol–water partition coefficient (Wildman–Crippen LogP) is 3.02. The van der Waals surface area contributed by atoms with Gasteiger partial charge in [0, 0.05) is 16.4 Å². The molecule has 0 atom stereocenters. The molecular formula is C16H13ClN2O2. The van der Waals surface area contributed by atoms with Crippen LogP contribution in [0.2, 0.25) is 5.02 Å². The summed E-state index contributed by atoms with van der Waals surface area (Å²) in [5.41, 5.74) is 3.18. The highest BCUT2D eigenvalue weighted by molar-refractivity contribution is 6.31. The van der Waals surface area contributed by atoms with Crippen molar-refractivity contribution < 1.29 is 9.59 Å². The molecule has 0 aromatic heterocycles. The zero-order valence-corrected chi connectivity index (χ0v) is 11.9. The SMILES string of the molecule is O=C(Cc1ccccc1Cl)Nc1ccc2c(c1)CC(=O)N2. The van der Waals surface area contributed by atoms with Crippen LogP contribution >= 0.6 is 11.6 Å². The average molecular weight is 301 g/mol. The molecule has 2 amide bonds. The van der Waals surface area contributed by atoms with Gasteiger partial charge in [-0.25, -0.2) is 0 Å². The number of hydrogen-bond acceptors (Lipinski definition) is 2. The second-order valence-corrected chi connectivity index (χ2v) is 5.32. The van der Waals surface area contributed by atoms with Crippen molar-refractivity contribution in [3.63, 3.8) is 0 Å². The van der Waals surface area contributed by atoms with E-state index in [0.717, 1.165) is 16.8 Å². The summed E-state index contributed by atoms with van der Waals surface area (Å²) in [6.45, 7) is 0. The van der Waals surface area contributed by atoms with Crippen molar-refractivity contribution in [1.82, 2.24) is 0 Å². The Balaban J connectivity index is 1.70. The van der Waals surface area contributed by atoms with E-state index < -0.39 is 0 Å². The summed E-state index contributed by atoms with van der Waals surface area (Å²) in [6.07, 6.45) is 0.567. The lowest BCUT2D eigenvalue weighted by atomic mass is 10.1. The molecule has 5 heteroatoms. The summed E-state index contributed by atoms with van der Waals surface area (Å²) in [5.74, 6) is -0.162. The average Bonchev–Trinajstić information content (AvgIpc) is 2.80. The summed E-state index contributed by atoms with van der Waals surface area (Å²) in [4.78, 5) is 23.3. The number of rotatable bonds is 3. The van der Waals surface area contributed by atoms with E-state index in [0.29, 0.717) is 17.1 Å². The van der Waals surface area contributed by atoms with Gasteiger partial charge in [0.1, 0.15) is 0 Å². The number of carbonyl (C=O) groups is 2. The molecule has 1 aliphatic rings. The number of carbonyl (C=O) groups excluding carboxylic acids is 2. The quantitative estimate of drug-likeness (QED) is 0.915. The fraction of sp³-hybridized carbons (Fsp3) is 0.125. The Morgan fingerprint density at radius 3 is 2.86 bits per heavy atom. The first-order chi connectivity index (χ1) is 10.1. The fourth-order valence-electron chi connectivity index (χ4n) is 2.33. The van der Waals surface area contributed by atoms with E-state index >= 15 is 0 Å². The maximum absolute atomic E-state index is 12.0. The minimum atomic E-state index is -0.139. The Hall–Kier alpha value is -2.33. The molecule has 2 aromatic rings. The first-order valence-corrected chi connectivity index (χ1v) is 6.95. The minimum absolute atomic E-state index is 0.0236. The first-order valence-electron chi connectivity index (χ1n) is 6.58. The normalized spacial score (nSPS) is 12.7. The number of benzene rings is 2. The molecular weight excluding hydrogens is 288 g/mol. The molecule has 0 radical (unpaired) electrons. The molecule has 0 bridgehead atoms. The van der Waals surface area contributed by atoms with Gasteiger partial charge in [0.15, 0.2) is 0 Å². The van der Waals surface area contributed by atoms with Crippen molar-refractivity contribution in [3.05, 3.63) is 58.6 Å². The van der Waals surface area contributed by atoms with Crippen LogP contribution in [0, 0.1) is 0 Å². The highest BCUT2D eigenvalue weighted by atomic mass is 35.5. The fourth-order valence-corrected chi connectivity index (χ4v) is 2.53. The summed E-state index contributed by atoms with van der Waals surface area (Å²) in [6, 6.07) is 12.7. The summed E-state index contributed by atoms with van der Waals surface area (Å²) >= 11 is 6.04. The van der Waals surface area contributed by atoms with Gasteiger partial charge in [-0.15, -0.1) is 0 Å². The van der Waals surface area contributed by atoms with Crippen molar-refractivity contribution in [1.29, 1.82) is 0 Å². The van der Waals surface area contributed by atoms with E-state index in [1.54, 1.807) is 18.2 Å². The lowest BCUT2D eigenvalue weighted by molar-refractivity contribution is -0.116. The van der Waals surface area contributed by atoms with E-state index in [1.807, 2.05) is 24.3 Å². The molecule has 106 valence electrons. The van der Waals surface area contributed by atoms with Crippen LogP contribution in [0.1, 0.15) is 11.1 Å². The second kappa shape index (κ2) is 5.58. The Kier molecular flexibility index (Phi) is 3.62. The van der Waals surface area contributed by atoms with Crippen LogP contribution in [0.25, 0.3) is 0 Å². The van der Waals surface area contributed by atoms with E-state index in [1.165, 1.54) is 0 Å². The number of hydrogen-bond donors (Lipinski definition) is 2. The van der Waals surface area contributed by atoms with Crippen molar-refractivity contribution in [3.8, 4) is 0 Å². The van der Waals surface area contributed by atoms with E-state index in [4.69, 9.17) is 11.6 Å². The van der Waals surface area contributed by atoms with Crippen LogP contribution in [-0.4, -0.2) is 11.8 Å². The molecule has 2 N–H and O–H groups in total. The molecule has 0 saturated heterocycles. The van der Waals surface area contributed by atoms with Crippen molar-refractivity contribution in [2.45, 2.75) is 12.8 Å². The molecule has 0 spiro atoms.